The Bertz CT molecular complexity index is 1100. The second kappa shape index (κ2) is 8.76. The van der Waals surface area contributed by atoms with Crippen molar-refractivity contribution in [2.75, 3.05) is 11.9 Å². The molecule has 0 unspecified atom stereocenters. The molecule has 168 valence electrons. The van der Waals surface area contributed by atoms with Gasteiger partial charge in [0.15, 0.2) is 5.82 Å². The van der Waals surface area contributed by atoms with E-state index in [0.717, 1.165) is 43.5 Å². The van der Waals surface area contributed by atoms with Crippen molar-refractivity contribution >= 4 is 17.2 Å². The van der Waals surface area contributed by atoms with E-state index in [2.05, 4.69) is 34.7 Å². The molecule has 0 aliphatic heterocycles. The van der Waals surface area contributed by atoms with Crippen LogP contribution < -0.4 is 15.4 Å². The molecule has 2 aromatic heterocycles. The zero-order valence-corrected chi connectivity index (χ0v) is 18.7. The summed E-state index contributed by atoms with van der Waals surface area (Å²) in [5.41, 5.74) is 3.02. The van der Waals surface area contributed by atoms with Gasteiger partial charge in [-0.3, -0.25) is 4.79 Å². The molecule has 2 aliphatic carbocycles. The highest BCUT2D eigenvalue weighted by Gasteiger charge is 2.24. The third kappa shape index (κ3) is 4.54. The van der Waals surface area contributed by atoms with E-state index < -0.39 is 0 Å². The predicted molar refractivity (Wildman–Crippen MR) is 123 cm³/mol. The van der Waals surface area contributed by atoms with Gasteiger partial charge in [0.05, 0.1) is 5.69 Å². The highest BCUT2D eigenvalue weighted by Crippen LogP contribution is 2.28. The van der Waals surface area contributed by atoms with E-state index >= 15 is 0 Å². The Morgan fingerprint density at radius 1 is 1.12 bits per heavy atom. The molecule has 0 saturated heterocycles. The van der Waals surface area contributed by atoms with Crippen molar-refractivity contribution in [1.29, 1.82) is 0 Å². The van der Waals surface area contributed by atoms with Crippen molar-refractivity contribution in [2.24, 2.45) is 5.92 Å². The van der Waals surface area contributed by atoms with E-state index in [1.165, 1.54) is 12.8 Å². The fourth-order valence-corrected chi connectivity index (χ4v) is 3.98. The molecule has 1 amide bonds. The number of rotatable bonds is 8. The van der Waals surface area contributed by atoms with Crippen LogP contribution in [0.15, 0.2) is 30.3 Å². The summed E-state index contributed by atoms with van der Waals surface area (Å²) in [5.74, 6) is 1.66. The summed E-state index contributed by atoms with van der Waals surface area (Å²) in [5, 5.41) is 20.0. The fraction of sp³-hybridized carbons (Fsp3) is 0.500. The number of nitrogens with one attached hydrogen (secondary N) is 2. The van der Waals surface area contributed by atoms with Crippen LogP contribution in [0.2, 0.25) is 0 Å². The highest BCUT2D eigenvalue weighted by molar-refractivity contribution is 5.95. The number of anilines is 1. The Morgan fingerprint density at radius 3 is 2.56 bits per heavy atom. The van der Waals surface area contributed by atoms with Gasteiger partial charge in [0.25, 0.3) is 5.91 Å². The van der Waals surface area contributed by atoms with E-state index in [4.69, 9.17) is 9.84 Å². The molecular formula is C24H30N6O2. The van der Waals surface area contributed by atoms with Crippen LogP contribution in [0.3, 0.4) is 0 Å². The Morgan fingerprint density at radius 2 is 1.88 bits per heavy atom. The number of ether oxygens (including phenoxy) is 1. The Hall–Kier alpha value is -3.16. The summed E-state index contributed by atoms with van der Waals surface area (Å²) < 4.78 is 7.95. The number of aromatic nitrogens is 4. The number of benzene rings is 1. The van der Waals surface area contributed by atoms with E-state index in [9.17, 15) is 4.79 Å². The topological polar surface area (TPSA) is 93.4 Å². The first-order valence-electron chi connectivity index (χ1n) is 11.6. The first kappa shape index (κ1) is 20.7. The number of hydrogen-bond acceptors (Lipinski definition) is 6. The second-order valence-electron chi connectivity index (χ2n) is 9.28. The van der Waals surface area contributed by atoms with Gasteiger partial charge in [-0.1, -0.05) is 26.0 Å². The van der Waals surface area contributed by atoms with Crippen molar-refractivity contribution in [3.8, 4) is 17.3 Å². The van der Waals surface area contributed by atoms with Crippen LogP contribution in [0, 0.1) is 5.92 Å². The molecular weight excluding hydrogens is 404 g/mol. The summed E-state index contributed by atoms with van der Waals surface area (Å²) in [7, 11) is 0. The van der Waals surface area contributed by atoms with Crippen LogP contribution in [-0.4, -0.2) is 44.4 Å². The molecule has 1 aromatic carbocycles. The molecule has 3 aromatic rings. The standard InChI is InChI=1S/C24H30N6O2/c1-15(2)14-25-20-13-21(32-19-5-3-4-6-19)29-30-22(27-28-23(20)30)16-7-9-17(10-8-16)24(31)26-18-11-12-18/h7-10,13,15,18-19,25H,3-6,11-12,14H2,1-2H3,(H,26,31). The maximum absolute atomic E-state index is 12.3. The molecule has 2 fully saturated rings. The number of nitrogens with zero attached hydrogens (tertiary/aromatic N) is 4. The van der Waals surface area contributed by atoms with Crippen LogP contribution in [-0.2, 0) is 0 Å². The molecule has 5 rings (SSSR count). The Balaban J connectivity index is 1.46. The lowest BCUT2D eigenvalue weighted by Crippen LogP contribution is -2.25. The summed E-state index contributed by atoms with van der Waals surface area (Å²) >= 11 is 0. The van der Waals surface area contributed by atoms with Gasteiger partial charge in [0.2, 0.25) is 11.5 Å². The second-order valence-corrected chi connectivity index (χ2v) is 9.28. The van der Waals surface area contributed by atoms with E-state index in [1.807, 2.05) is 30.3 Å². The first-order chi connectivity index (χ1) is 15.6. The van der Waals surface area contributed by atoms with Gasteiger partial charge < -0.3 is 15.4 Å². The number of carbonyl (C=O) groups is 1. The molecule has 32 heavy (non-hydrogen) atoms. The maximum Gasteiger partial charge on any atom is 0.251 e. The zero-order chi connectivity index (χ0) is 22.1. The lowest BCUT2D eigenvalue weighted by Gasteiger charge is -2.15. The van der Waals surface area contributed by atoms with Crippen LogP contribution in [0.4, 0.5) is 5.69 Å². The highest BCUT2D eigenvalue weighted by atomic mass is 16.5. The SMILES string of the molecule is CC(C)CNc1cc(OC2CCCC2)nn2c(-c3ccc(C(=O)NC4CC4)cc3)nnc12. The molecule has 0 bridgehead atoms. The van der Waals surface area contributed by atoms with Crippen molar-refractivity contribution < 1.29 is 9.53 Å². The molecule has 2 aliphatic rings. The van der Waals surface area contributed by atoms with Crippen molar-refractivity contribution in [2.45, 2.75) is 64.5 Å². The van der Waals surface area contributed by atoms with Crippen molar-refractivity contribution in [3.05, 3.63) is 35.9 Å². The van der Waals surface area contributed by atoms with Gasteiger partial charge in [0, 0.05) is 29.8 Å². The van der Waals surface area contributed by atoms with Gasteiger partial charge in [-0.15, -0.1) is 15.3 Å². The third-order valence-corrected chi connectivity index (χ3v) is 5.96. The van der Waals surface area contributed by atoms with Crippen LogP contribution >= 0.6 is 0 Å². The molecule has 8 heteroatoms. The lowest BCUT2D eigenvalue weighted by atomic mass is 10.1. The number of fused-ring (bicyclic) bond motifs is 1. The van der Waals surface area contributed by atoms with Gasteiger partial charge >= 0.3 is 0 Å². The Labute approximate surface area is 187 Å². The van der Waals surface area contributed by atoms with Gasteiger partial charge in [-0.2, -0.15) is 4.52 Å². The average Bonchev–Trinajstić information content (AvgIpc) is 3.27. The van der Waals surface area contributed by atoms with Crippen molar-refractivity contribution in [3.63, 3.8) is 0 Å². The summed E-state index contributed by atoms with van der Waals surface area (Å²) in [6.45, 7) is 5.14. The number of hydrogen-bond donors (Lipinski definition) is 2. The van der Waals surface area contributed by atoms with Gasteiger partial charge in [-0.05, 0) is 56.6 Å². The lowest BCUT2D eigenvalue weighted by molar-refractivity contribution is 0.0951. The van der Waals surface area contributed by atoms with Crippen molar-refractivity contribution in [1.82, 2.24) is 25.1 Å². The fourth-order valence-electron chi connectivity index (χ4n) is 3.98. The van der Waals surface area contributed by atoms with E-state index in [0.29, 0.717) is 34.9 Å². The number of carbonyl (C=O) groups excluding carboxylic acids is 1. The summed E-state index contributed by atoms with van der Waals surface area (Å²) in [4.78, 5) is 12.3. The summed E-state index contributed by atoms with van der Waals surface area (Å²) in [6.07, 6.45) is 6.87. The molecule has 2 saturated carbocycles. The predicted octanol–water partition coefficient (Wildman–Crippen LogP) is 4.07. The largest absolute Gasteiger partial charge is 0.473 e. The minimum atomic E-state index is -0.0318. The molecule has 0 atom stereocenters. The first-order valence-corrected chi connectivity index (χ1v) is 11.6. The monoisotopic (exact) mass is 434 g/mol. The Kier molecular flexibility index (Phi) is 5.68. The maximum atomic E-state index is 12.3. The smallest absolute Gasteiger partial charge is 0.251 e. The summed E-state index contributed by atoms with van der Waals surface area (Å²) in [6, 6.07) is 9.70. The van der Waals surface area contributed by atoms with Crippen LogP contribution in [0.1, 0.15) is 62.7 Å². The number of amides is 1. The molecule has 2 N–H and O–H groups in total. The van der Waals surface area contributed by atoms with E-state index in [1.54, 1.807) is 4.52 Å². The molecule has 0 radical (unpaired) electrons. The van der Waals surface area contributed by atoms with Crippen LogP contribution in [0.5, 0.6) is 5.88 Å². The van der Waals surface area contributed by atoms with Crippen LogP contribution in [0.25, 0.3) is 17.0 Å². The quantitative estimate of drug-likeness (QED) is 0.555. The van der Waals surface area contributed by atoms with E-state index in [-0.39, 0.29) is 12.0 Å². The van der Waals surface area contributed by atoms with Gasteiger partial charge in [0.1, 0.15) is 6.10 Å². The minimum absolute atomic E-state index is 0.0318. The minimum Gasteiger partial charge on any atom is -0.473 e. The third-order valence-electron chi connectivity index (χ3n) is 5.96. The molecule has 8 nitrogen and oxygen atoms in total. The average molecular weight is 435 g/mol. The normalized spacial score (nSPS) is 16.6. The molecule has 2 heterocycles. The molecule has 0 spiro atoms. The zero-order valence-electron chi connectivity index (χ0n) is 18.7. The van der Waals surface area contributed by atoms with Gasteiger partial charge in [-0.25, -0.2) is 0 Å².